The van der Waals surface area contributed by atoms with E-state index in [0.29, 0.717) is 27.8 Å². The molecule has 11 heteroatoms. The number of amides is 1. The third-order valence-corrected chi connectivity index (χ3v) is 6.00. The minimum Gasteiger partial charge on any atom is -0.451 e. The number of furan rings is 1. The number of carbonyl (C=O) groups excluding carboxylic acids is 1. The van der Waals surface area contributed by atoms with E-state index in [1.54, 1.807) is 22.7 Å². The molecular formula is C22H16N6O4S. The Bertz CT molecular complexity index is 1530. The average molecular weight is 460 g/mol. The van der Waals surface area contributed by atoms with Crippen molar-refractivity contribution in [2.45, 2.75) is 13.8 Å². The van der Waals surface area contributed by atoms with Crippen molar-refractivity contribution in [1.29, 1.82) is 0 Å². The van der Waals surface area contributed by atoms with Gasteiger partial charge in [-0.25, -0.2) is 0 Å². The first-order valence-corrected chi connectivity index (χ1v) is 10.7. The predicted molar refractivity (Wildman–Crippen MR) is 122 cm³/mol. The van der Waals surface area contributed by atoms with Crippen LogP contribution in [0.15, 0.2) is 59.0 Å². The van der Waals surface area contributed by atoms with E-state index < -0.39 is 10.8 Å². The maximum Gasteiger partial charge on any atom is 0.291 e. The van der Waals surface area contributed by atoms with Gasteiger partial charge in [0.2, 0.25) is 4.96 Å². The van der Waals surface area contributed by atoms with E-state index in [-0.39, 0.29) is 11.4 Å². The molecule has 0 radical (unpaired) electrons. The van der Waals surface area contributed by atoms with Crippen molar-refractivity contribution in [3.8, 4) is 21.9 Å². The zero-order valence-corrected chi connectivity index (χ0v) is 18.3. The van der Waals surface area contributed by atoms with Crippen molar-refractivity contribution in [3.05, 3.63) is 81.9 Å². The molecule has 0 fully saturated rings. The van der Waals surface area contributed by atoms with Crippen LogP contribution >= 0.6 is 11.3 Å². The number of aryl methyl sites for hydroxylation is 2. The molecule has 0 aliphatic heterocycles. The molecule has 0 aliphatic rings. The Labute approximate surface area is 190 Å². The molecule has 10 nitrogen and oxygen atoms in total. The van der Waals surface area contributed by atoms with Crippen LogP contribution in [-0.4, -0.2) is 30.6 Å². The van der Waals surface area contributed by atoms with E-state index >= 15 is 0 Å². The first-order valence-electron chi connectivity index (χ1n) is 9.85. The van der Waals surface area contributed by atoms with E-state index in [9.17, 15) is 14.9 Å². The van der Waals surface area contributed by atoms with Gasteiger partial charge in [0.05, 0.1) is 4.92 Å². The lowest BCUT2D eigenvalue weighted by Gasteiger charge is -2.08. The summed E-state index contributed by atoms with van der Waals surface area (Å²) < 4.78 is 7.35. The highest BCUT2D eigenvalue weighted by Gasteiger charge is 2.17. The molecule has 5 aromatic rings. The number of hydrogen-bond donors (Lipinski definition) is 1. The van der Waals surface area contributed by atoms with E-state index in [0.717, 1.165) is 16.1 Å². The van der Waals surface area contributed by atoms with Crippen molar-refractivity contribution in [2.24, 2.45) is 0 Å². The molecule has 1 amide bonds. The Kier molecular flexibility index (Phi) is 4.94. The van der Waals surface area contributed by atoms with Crippen LogP contribution in [0, 0.1) is 24.0 Å². The molecule has 0 aliphatic carbocycles. The fourth-order valence-corrected chi connectivity index (χ4v) is 4.17. The molecule has 0 saturated carbocycles. The fourth-order valence-electron chi connectivity index (χ4n) is 3.29. The molecular weight excluding hydrogens is 444 g/mol. The van der Waals surface area contributed by atoms with Gasteiger partial charge in [-0.15, -0.1) is 10.2 Å². The molecule has 0 atom stereocenters. The van der Waals surface area contributed by atoms with Crippen LogP contribution in [0.4, 0.5) is 11.4 Å². The number of hydrogen-bond acceptors (Lipinski definition) is 8. The second-order valence-corrected chi connectivity index (χ2v) is 8.26. The number of fused-ring (bicyclic) bond motifs is 1. The maximum atomic E-state index is 12.8. The summed E-state index contributed by atoms with van der Waals surface area (Å²) in [6, 6.07) is 14.9. The fraction of sp³-hybridized carbons (Fsp3) is 0.0909. The zero-order chi connectivity index (χ0) is 23.1. The number of benzene rings is 2. The van der Waals surface area contributed by atoms with Crippen LogP contribution in [0.25, 0.3) is 26.9 Å². The first kappa shape index (κ1) is 20.5. The quantitative estimate of drug-likeness (QED) is 0.292. The molecule has 164 valence electrons. The monoisotopic (exact) mass is 460 g/mol. The lowest BCUT2D eigenvalue weighted by atomic mass is 10.1. The number of rotatable bonds is 5. The first-order chi connectivity index (χ1) is 15.9. The van der Waals surface area contributed by atoms with Crippen LogP contribution in [0.5, 0.6) is 0 Å². The third kappa shape index (κ3) is 3.85. The van der Waals surface area contributed by atoms with Gasteiger partial charge in [-0.05, 0) is 37.6 Å². The molecule has 3 heterocycles. The van der Waals surface area contributed by atoms with Crippen molar-refractivity contribution >= 4 is 33.6 Å². The predicted octanol–water partition coefficient (Wildman–Crippen LogP) is 4.89. The summed E-state index contributed by atoms with van der Waals surface area (Å²) in [4.78, 5) is 24.1. The van der Waals surface area contributed by atoms with Gasteiger partial charge in [-0.2, -0.15) is 9.61 Å². The van der Waals surface area contributed by atoms with Crippen molar-refractivity contribution in [1.82, 2.24) is 19.8 Å². The van der Waals surface area contributed by atoms with Crippen molar-refractivity contribution in [2.75, 3.05) is 5.32 Å². The van der Waals surface area contributed by atoms with Gasteiger partial charge in [0, 0.05) is 28.9 Å². The Balaban J connectivity index is 1.39. The van der Waals surface area contributed by atoms with Crippen molar-refractivity contribution in [3.63, 3.8) is 0 Å². The minimum atomic E-state index is -0.479. The van der Waals surface area contributed by atoms with E-state index in [2.05, 4.69) is 20.6 Å². The van der Waals surface area contributed by atoms with Gasteiger partial charge in [-0.1, -0.05) is 35.6 Å². The highest BCUT2D eigenvalue weighted by molar-refractivity contribution is 7.19. The number of nitrogens with zero attached hydrogens (tertiary/aromatic N) is 5. The molecule has 5 rings (SSSR count). The SMILES string of the molecule is Cc1ccc(-c2nn3c(C)nnc3s2)cc1NC(=O)c1ccc(-c2cccc([N+](=O)[O-])c2)o1. The Hall–Kier alpha value is -4.38. The summed E-state index contributed by atoms with van der Waals surface area (Å²) in [7, 11) is 0. The van der Waals surface area contributed by atoms with Crippen LogP contribution < -0.4 is 5.32 Å². The van der Waals surface area contributed by atoms with Crippen LogP contribution in [-0.2, 0) is 0 Å². The number of nitro groups is 1. The lowest BCUT2D eigenvalue weighted by molar-refractivity contribution is -0.384. The van der Waals surface area contributed by atoms with Crippen LogP contribution in [0.2, 0.25) is 0 Å². The van der Waals surface area contributed by atoms with E-state index in [1.165, 1.54) is 29.5 Å². The van der Waals surface area contributed by atoms with Gasteiger partial charge >= 0.3 is 0 Å². The Morgan fingerprint density at radius 2 is 1.94 bits per heavy atom. The van der Waals surface area contributed by atoms with Gasteiger partial charge in [0.1, 0.15) is 10.8 Å². The van der Waals surface area contributed by atoms with E-state index in [1.807, 2.05) is 32.0 Å². The standard InChI is InChI=1S/C22H16N6O4S/c1-12-6-7-15(21-26-27-13(2)24-25-22(27)33-21)11-17(12)23-20(29)19-9-8-18(32-19)14-4-3-5-16(10-14)28(30)31/h3-11H,1-2H3,(H,23,29). The molecule has 0 unspecified atom stereocenters. The van der Waals surface area contributed by atoms with Gasteiger partial charge < -0.3 is 9.73 Å². The molecule has 0 bridgehead atoms. The van der Waals surface area contributed by atoms with E-state index in [4.69, 9.17) is 4.42 Å². The number of anilines is 1. The molecule has 0 spiro atoms. The third-order valence-electron chi connectivity index (χ3n) is 5.05. The Morgan fingerprint density at radius 3 is 2.73 bits per heavy atom. The number of carbonyl (C=O) groups is 1. The summed E-state index contributed by atoms with van der Waals surface area (Å²) in [5.74, 6) is 0.728. The van der Waals surface area contributed by atoms with Gasteiger partial charge in [0.25, 0.3) is 11.6 Å². The highest BCUT2D eigenvalue weighted by Crippen LogP contribution is 2.30. The zero-order valence-electron chi connectivity index (χ0n) is 17.5. The molecule has 3 aromatic heterocycles. The molecule has 2 aromatic carbocycles. The Morgan fingerprint density at radius 1 is 1.09 bits per heavy atom. The number of non-ortho nitro benzene ring substituents is 1. The van der Waals surface area contributed by atoms with Gasteiger partial charge in [-0.3, -0.25) is 14.9 Å². The second kappa shape index (κ2) is 7.95. The minimum absolute atomic E-state index is 0.0528. The van der Waals surface area contributed by atoms with Crippen molar-refractivity contribution < 1.29 is 14.1 Å². The molecule has 33 heavy (non-hydrogen) atoms. The number of aromatic nitrogens is 4. The van der Waals surface area contributed by atoms with Gasteiger partial charge in [0.15, 0.2) is 11.6 Å². The summed E-state index contributed by atoms with van der Waals surface area (Å²) in [5.41, 5.74) is 2.79. The second-order valence-electron chi connectivity index (χ2n) is 7.30. The summed E-state index contributed by atoms with van der Waals surface area (Å²) in [6.07, 6.45) is 0. The smallest absolute Gasteiger partial charge is 0.291 e. The highest BCUT2D eigenvalue weighted by atomic mass is 32.1. The summed E-state index contributed by atoms with van der Waals surface area (Å²) >= 11 is 1.40. The summed E-state index contributed by atoms with van der Waals surface area (Å²) in [5, 5.41) is 27.3. The normalized spacial score (nSPS) is 11.1. The molecule has 0 saturated heterocycles. The topological polar surface area (TPSA) is 128 Å². The largest absolute Gasteiger partial charge is 0.451 e. The van der Waals surface area contributed by atoms with Crippen LogP contribution in [0.1, 0.15) is 21.9 Å². The maximum absolute atomic E-state index is 12.8. The number of nitro benzene ring substituents is 1. The molecule has 1 N–H and O–H groups in total. The summed E-state index contributed by atoms with van der Waals surface area (Å²) in [6.45, 7) is 3.72. The lowest BCUT2D eigenvalue weighted by Crippen LogP contribution is -2.11. The number of nitrogens with one attached hydrogen (secondary N) is 1. The average Bonchev–Trinajstić information content (AvgIpc) is 3.53. The van der Waals surface area contributed by atoms with Crippen LogP contribution in [0.3, 0.4) is 0 Å².